The van der Waals surface area contributed by atoms with Gasteiger partial charge in [-0.1, -0.05) is 23.4 Å². The zero-order valence-corrected chi connectivity index (χ0v) is 9.27. The van der Waals surface area contributed by atoms with E-state index in [-0.39, 0.29) is 0 Å². The lowest BCUT2D eigenvalue weighted by atomic mass is 10.3. The summed E-state index contributed by atoms with van der Waals surface area (Å²) in [6.45, 7) is 3.74. The molecule has 1 heterocycles. The van der Waals surface area contributed by atoms with Crippen LogP contribution in [0.15, 0.2) is 46.0 Å². The zero-order chi connectivity index (χ0) is 11.4. The fourth-order valence-corrected chi connectivity index (χ4v) is 1.26. The maximum absolute atomic E-state index is 4.98. The van der Waals surface area contributed by atoms with Crippen LogP contribution in [0.3, 0.4) is 0 Å². The lowest BCUT2D eigenvalue weighted by molar-refractivity contribution is 0.396. The highest BCUT2D eigenvalue weighted by Gasteiger charge is 2.03. The molecule has 4 nitrogen and oxygen atoms in total. The summed E-state index contributed by atoms with van der Waals surface area (Å²) >= 11 is 0. The van der Waals surface area contributed by atoms with Crippen LogP contribution in [-0.4, -0.2) is 10.9 Å². The Morgan fingerprint density at radius 2 is 2.06 bits per heavy atom. The average Bonchev–Trinajstić information content (AvgIpc) is 2.74. The molecule has 1 aromatic heterocycles. The van der Waals surface area contributed by atoms with Crippen molar-refractivity contribution in [3.05, 3.63) is 47.9 Å². The van der Waals surface area contributed by atoms with Gasteiger partial charge in [-0.05, 0) is 26.0 Å². The van der Waals surface area contributed by atoms with E-state index in [1.807, 2.05) is 50.2 Å². The molecule has 0 saturated heterocycles. The van der Waals surface area contributed by atoms with Crippen molar-refractivity contribution in [2.75, 3.05) is 5.43 Å². The molecule has 0 bridgehead atoms. The van der Waals surface area contributed by atoms with E-state index in [4.69, 9.17) is 4.52 Å². The number of nitrogens with one attached hydrogen (secondary N) is 1. The van der Waals surface area contributed by atoms with Crippen LogP contribution in [0.1, 0.15) is 18.4 Å². The standard InChI is InChI=1S/C12H13N3O/c1-9-8-12(15-16-9)10(2)13-14-11-6-4-3-5-7-11/h3-8,14H,1-2H3/b13-10+. The molecular weight excluding hydrogens is 202 g/mol. The van der Waals surface area contributed by atoms with Gasteiger partial charge in [0.2, 0.25) is 0 Å². The lowest BCUT2D eigenvalue weighted by Crippen LogP contribution is -1.99. The highest BCUT2D eigenvalue weighted by Crippen LogP contribution is 2.07. The second-order valence-electron chi connectivity index (χ2n) is 3.50. The van der Waals surface area contributed by atoms with Crippen molar-refractivity contribution < 1.29 is 4.52 Å². The molecule has 0 atom stereocenters. The van der Waals surface area contributed by atoms with E-state index in [9.17, 15) is 0 Å². The minimum atomic E-state index is 0.751. The van der Waals surface area contributed by atoms with Crippen LogP contribution in [0, 0.1) is 6.92 Å². The van der Waals surface area contributed by atoms with Crippen molar-refractivity contribution in [2.45, 2.75) is 13.8 Å². The third-order valence-corrected chi connectivity index (χ3v) is 2.13. The van der Waals surface area contributed by atoms with Gasteiger partial charge in [0.05, 0.1) is 11.4 Å². The normalized spacial score (nSPS) is 11.5. The molecule has 82 valence electrons. The van der Waals surface area contributed by atoms with E-state index >= 15 is 0 Å². The molecule has 0 fully saturated rings. The van der Waals surface area contributed by atoms with E-state index in [0.717, 1.165) is 22.9 Å². The van der Waals surface area contributed by atoms with Crippen molar-refractivity contribution in [3.8, 4) is 0 Å². The predicted molar refractivity (Wildman–Crippen MR) is 63.5 cm³/mol. The van der Waals surface area contributed by atoms with E-state index in [1.54, 1.807) is 0 Å². The number of benzene rings is 1. The first kappa shape index (κ1) is 10.4. The summed E-state index contributed by atoms with van der Waals surface area (Å²) in [6.07, 6.45) is 0. The third kappa shape index (κ3) is 2.48. The molecule has 0 radical (unpaired) electrons. The van der Waals surface area contributed by atoms with Gasteiger partial charge in [0.25, 0.3) is 0 Å². The monoisotopic (exact) mass is 215 g/mol. The Morgan fingerprint density at radius 1 is 1.31 bits per heavy atom. The molecule has 0 amide bonds. The third-order valence-electron chi connectivity index (χ3n) is 2.13. The van der Waals surface area contributed by atoms with Crippen LogP contribution >= 0.6 is 0 Å². The molecule has 0 unspecified atom stereocenters. The number of anilines is 1. The first-order valence-corrected chi connectivity index (χ1v) is 5.05. The number of hydrogen-bond acceptors (Lipinski definition) is 4. The highest BCUT2D eigenvalue weighted by atomic mass is 16.5. The summed E-state index contributed by atoms with van der Waals surface area (Å²) in [6, 6.07) is 11.6. The van der Waals surface area contributed by atoms with Gasteiger partial charge in [0, 0.05) is 6.07 Å². The summed E-state index contributed by atoms with van der Waals surface area (Å²) in [5.41, 5.74) is 5.45. The molecule has 0 saturated carbocycles. The predicted octanol–water partition coefficient (Wildman–Crippen LogP) is 2.82. The van der Waals surface area contributed by atoms with Gasteiger partial charge < -0.3 is 4.52 Å². The maximum Gasteiger partial charge on any atom is 0.134 e. The minimum Gasteiger partial charge on any atom is -0.361 e. The van der Waals surface area contributed by atoms with Gasteiger partial charge in [0.15, 0.2) is 0 Å². The molecule has 16 heavy (non-hydrogen) atoms. The van der Waals surface area contributed by atoms with E-state index in [1.165, 1.54) is 0 Å². The number of para-hydroxylation sites is 1. The Morgan fingerprint density at radius 3 is 2.69 bits per heavy atom. The van der Waals surface area contributed by atoms with E-state index in [2.05, 4.69) is 15.7 Å². The van der Waals surface area contributed by atoms with Crippen LogP contribution in [-0.2, 0) is 0 Å². The summed E-state index contributed by atoms with van der Waals surface area (Å²) < 4.78 is 4.98. The summed E-state index contributed by atoms with van der Waals surface area (Å²) in [4.78, 5) is 0. The first-order chi connectivity index (χ1) is 7.75. The Balaban J connectivity index is 2.08. The number of nitrogens with zero attached hydrogens (tertiary/aromatic N) is 2. The Hall–Kier alpha value is -2.10. The molecule has 2 rings (SSSR count). The Bertz CT molecular complexity index is 488. The second kappa shape index (κ2) is 4.61. The van der Waals surface area contributed by atoms with Gasteiger partial charge in [-0.25, -0.2) is 0 Å². The molecule has 2 aromatic rings. The summed E-state index contributed by atoms with van der Waals surface area (Å²) in [5, 5.41) is 8.10. The van der Waals surface area contributed by atoms with Gasteiger partial charge in [-0.15, -0.1) is 0 Å². The van der Waals surface area contributed by atoms with Crippen molar-refractivity contribution in [1.82, 2.24) is 5.16 Å². The quantitative estimate of drug-likeness (QED) is 0.632. The highest BCUT2D eigenvalue weighted by molar-refractivity contribution is 5.97. The molecule has 4 heteroatoms. The number of aromatic nitrogens is 1. The van der Waals surface area contributed by atoms with Gasteiger partial charge in [-0.3, -0.25) is 5.43 Å². The minimum absolute atomic E-state index is 0.751. The molecular formula is C12H13N3O. The van der Waals surface area contributed by atoms with Crippen LogP contribution in [0.25, 0.3) is 0 Å². The maximum atomic E-state index is 4.98. The van der Waals surface area contributed by atoms with Gasteiger partial charge in [0.1, 0.15) is 11.5 Å². The Labute approximate surface area is 94.0 Å². The van der Waals surface area contributed by atoms with Gasteiger partial charge in [-0.2, -0.15) is 5.10 Å². The summed E-state index contributed by atoms with van der Waals surface area (Å²) in [7, 11) is 0. The molecule has 1 N–H and O–H groups in total. The molecule has 1 aromatic carbocycles. The number of rotatable bonds is 3. The first-order valence-electron chi connectivity index (χ1n) is 5.05. The molecule has 0 aliphatic heterocycles. The fraction of sp³-hybridized carbons (Fsp3) is 0.167. The Kier molecular flexibility index (Phi) is 3.00. The molecule has 0 aliphatic rings. The smallest absolute Gasteiger partial charge is 0.134 e. The van der Waals surface area contributed by atoms with Crippen LogP contribution in [0.5, 0.6) is 0 Å². The fourth-order valence-electron chi connectivity index (χ4n) is 1.26. The topological polar surface area (TPSA) is 50.4 Å². The molecule has 0 aliphatic carbocycles. The number of hydrazone groups is 1. The lowest BCUT2D eigenvalue weighted by Gasteiger charge is -2.00. The average molecular weight is 215 g/mol. The second-order valence-corrected chi connectivity index (χ2v) is 3.50. The van der Waals surface area contributed by atoms with Crippen LogP contribution in [0.4, 0.5) is 5.69 Å². The van der Waals surface area contributed by atoms with Crippen molar-refractivity contribution in [1.29, 1.82) is 0 Å². The summed E-state index contributed by atoms with van der Waals surface area (Å²) in [5.74, 6) is 0.782. The van der Waals surface area contributed by atoms with E-state index in [0.29, 0.717) is 0 Å². The van der Waals surface area contributed by atoms with Gasteiger partial charge >= 0.3 is 0 Å². The van der Waals surface area contributed by atoms with Crippen LogP contribution < -0.4 is 5.43 Å². The SMILES string of the molecule is C/C(=N\Nc1ccccc1)c1cc(C)on1. The van der Waals surface area contributed by atoms with Crippen molar-refractivity contribution in [3.63, 3.8) is 0 Å². The van der Waals surface area contributed by atoms with Crippen LogP contribution in [0.2, 0.25) is 0 Å². The van der Waals surface area contributed by atoms with Crippen molar-refractivity contribution >= 4 is 11.4 Å². The largest absolute Gasteiger partial charge is 0.361 e. The number of aryl methyl sites for hydroxylation is 1. The van der Waals surface area contributed by atoms with E-state index < -0.39 is 0 Å². The van der Waals surface area contributed by atoms with Crippen molar-refractivity contribution in [2.24, 2.45) is 5.10 Å². The molecule has 0 spiro atoms. The number of hydrogen-bond donors (Lipinski definition) is 1. The zero-order valence-electron chi connectivity index (χ0n) is 9.27.